The molecule has 104 valence electrons. The molecule has 1 aromatic carbocycles. The normalized spacial score (nSPS) is 24.8. The van der Waals surface area contributed by atoms with Crippen LogP contribution in [-0.2, 0) is 6.54 Å². The summed E-state index contributed by atoms with van der Waals surface area (Å²) in [7, 11) is 0. The lowest BCUT2D eigenvalue weighted by atomic mass is 9.64. The van der Waals surface area contributed by atoms with Crippen molar-refractivity contribution in [3.05, 3.63) is 35.1 Å². The highest BCUT2D eigenvalue weighted by Gasteiger charge is 2.46. The molecule has 0 heterocycles. The van der Waals surface area contributed by atoms with Gasteiger partial charge >= 0.3 is 5.97 Å². The Bertz CT molecular complexity index is 501. The number of hydrogen-bond donors (Lipinski definition) is 3. The molecule has 0 aromatic heterocycles. The van der Waals surface area contributed by atoms with E-state index in [1.54, 1.807) is 6.07 Å². The number of hydrogen-bond acceptors (Lipinski definition) is 3. The Labute approximate surface area is 111 Å². The number of nitrogens with one attached hydrogen (secondary N) is 1. The van der Waals surface area contributed by atoms with Gasteiger partial charge in [0.1, 0.15) is 5.82 Å². The Morgan fingerprint density at radius 3 is 2.68 bits per heavy atom. The zero-order chi connectivity index (χ0) is 14.2. The van der Waals surface area contributed by atoms with Crippen molar-refractivity contribution in [2.75, 3.05) is 0 Å². The van der Waals surface area contributed by atoms with Gasteiger partial charge in [0, 0.05) is 18.0 Å². The maximum absolute atomic E-state index is 13.5. The summed E-state index contributed by atoms with van der Waals surface area (Å²) in [5.74, 6) is -1.99. The summed E-state index contributed by atoms with van der Waals surface area (Å²) in [5, 5.41) is 21.6. The van der Waals surface area contributed by atoms with Crippen molar-refractivity contribution >= 4 is 5.97 Å². The molecular weight excluding hydrogens is 249 g/mol. The fourth-order valence-electron chi connectivity index (χ4n) is 2.33. The van der Waals surface area contributed by atoms with Gasteiger partial charge in [-0.15, -0.1) is 0 Å². The van der Waals surface area contributed by atoms with Gasteiger partial charge in [-0.2, -0.15) is 0 Å². The monoisotopic (exact) mass is 267 g/mol. The van der Waals surface area contributed by atoms with Crippen molar-refractivity contribution in [3.63, 3.8) is 0 Å². The first kappa shape index (κ1) is 14.0. The predicted octanol–water partition coefficient (Wildman–Crippen LogP) is 1.77. The summed E-state index contributed by atoms with van der Waals surface area (Å²) in [6, 6.07) is 4.29. The SMILES string of the molecule is CC1(C)C(O)CC1NCc1ccc(C(=O)O)c(F)c1. The van der Waals surface area contributed by atoms with E-state index in [1.807, 2.05) is 13.8 Å². The van der Waals surface area contributed by atoms with E-state index in [0.717, 1.165) is 0 Å². The van der Waals surface area contributed by atoms with Crippen LogP contribution in [0.1, 0.15) is 36.2 Å². The molecule has 2 atom stereocenters. The van der Waals surface area contributed by atoms with Crippen LogP contribution in [0.3, 0.4) is 0 Å². The van der Waals surface area contributed by atoms with Crippen molar-refractivity contribution in [2.24, 2.45) is 5.41 Å². The molecule has 1 aliphatic carbocycles. The Morgan fingerprint density at radius 1 is 1.53 bits per heavy atom. The fourth-order valence-corrected chi connectivity index (χ4v) is 2.33. The van der Waals surface area contributed by atoms with Crippen LogP contribution in [0.5, 0.6) is 0 Å². The summed E-state index contributed by atoms with van der Waals surface area (Å²) in [5.41, 5.74) is 0.197. The van der Waals surface area contributed by atoms with E-state index in [4.69, 9.17) is 5.11 Å². The summed E-state index contributed by atoms with van der Waals surface area (Å²) >= 11 is 0. The standard InChI is InChI=1S/C14H18FNO3/c1-14(2)11(6-12(14)17)16-7-8-3-4-9(13(18)19)10(15)5-8/h3-5,11-12,16-17H,6-7H2,1-2H3,(H,18,19). The van der Waals surface area contributed by atoms with Gasteiger partial charge in [0.25, 0.3) is 0 Å². The number of carboxylic acids is 1. The molecule has 0 aliphatic heterocycles. The van der Waals surface area contributed by atoms with Crippen molar-refractivity contribution in [3.8, 4) is 0 Å². The third-order valence-corrected chi connectivity index (χ3v) is 4.03. The minimum atomic E-state index is -1.26. The second-order valence-electron chi connectivity index (χ2n) is 5.63. The Hall–Kier alpha value is -1.46. The predicted molar refractivity (Wildman–Crippen MR) is 68.4 cm³/mol. The van der Waals surface area contributed by atoms with Gasteiger partial charge in [-0.05, 0) is 24.1 Å². The highest BCUT2D eigenvalue weighted by Crippen LogP contribution is 2.40. The number of rotatable bonds is 4. The minimum absolute atomic E-state index is 0.181. The summed E-state index contributed by atoms with van der Waals surface area (Å²) in [4.78, 5) is 10.7. The summed E-state index contributed by atoms with van der Waals surface area (Å²) in [6.07, 6.45) is 0.374. The van der Waals surface area contributed by atoms with Crippen LogP contribution < -0.4 is 5.32 Å². The first-order valence-electron chi connectivity index (χ1n) is 6.25. The average molecular weight is 267 g/mol. The molecule has 4 nitrogen and oxygen atoms in total. The van der Waals surface area contributed by atoms with Crippen LogP contribution >= 0.6 is 0 Å². The molecule has 19 heavy (non-hydrogen) atoms. The zero-order valence-corrected chi connectivity index (χ0v) is 11.0. The first-order chi connectivity index (χ1) is 8.82. The molecule has 0 radical (unpaired) electrons. The molecule has 0 saturated heterocycles. The number of carboxylic acid groups (broad SMARTS) is 1. The van der Waals surface area contributed by atoms with Crippen LogP contribution in [0, 0.1) is 11.2 Å². The molecule has 0 amide bonds. The van der Waals surface area contributed by atoms with Crippen LogP contribution in [0.15, 0.2) is 18.2 Å². The van der Waals surface area contributed by atoms with E-state index in [9.17, 15) is 14.3 Å². The number of benzene rings is 1. The highest BCUT2D eigenvalue weighted by molar-refractivity contribution is 5.87. The lowest BCUT2D eigenvalue weighted by molar-refractivity contribution is -0.0729. The highest BCUT2D eigenvalue weighted by atomic mass is 19.1. The third-order valence-electron chi connectivity index (χ3n) is 4.03. The summed E-state index contributed by atoms with van der Waals surface area (Å²) < 4.78 is 13.5. The minimum Gasteiger partial charge on any atom is -0.478 e. The van der Waals surface area contributed by atoms with E-state index < -0.39 is 11.8 Å². The number of aliphatic hydroxyl groups is 1. The van der Waals surface area contributed by atoms with Crippen LogP contribution in [0.2, 0.25) is 0 Å². The van der Waals surface area contributed by atoms with E-state index in [-0.39, 0.29) is 23.1 Å². The van der Waals surface area contributed by atoms with Gasteiger partial charge in [-0.25, -0.2) is 9.18 Å². The largest absolute Gasteiger partial charge is 0.478 e. The molecule has 2 rings (SSSR count). The molecule has 2 unspecified atom stereocenters. The lowest BCUT2D eigenvalue weighted by Crippen LogP contribution is -2.59. The van der Waals surface area contributed by atoms with Crippen LogP contribution in [-0.4, -0.2) is 28.3 Å². The maximum atomic E-state index is 13.5. The number of halogens is 1. The Kier molecular flexibility index (Phi) is 3.60. The van der Waals surface area contributed by atoms with Gasteiger partial charge in [0.05, 0.1) is 11.7 Å². The van der Waals surface area contributed by atoms with Crippen LogP contribution in [0.25, 0.3) is 0 Å². The van der Waals surface area contributed by atoms with Crippen molar-refractivity contribution in [1.29, 1.82) is 0 Å². The van der Waals surface area contributed by atoms with Gasteiger partial charge in [-0.1, -0.05) is 19.9 Å². The van der Waals surface area contributed by atoms with Crippen molar-refractivity contribution in [1.82, 2.24) is 5.32 Å². The van der Waals surface area contributed by atoms with Crippen molar-refractivity contribution in [2.45, 2.75) is 39.0 Å². The second-order valence-corrected chi connectivity index (χ2v) is 5.63. The topological polar surface area (TPSA) is 69.6 Å². The molecule has 1 saturated carbocycles. The number of aliphatic hydroxyl groups excluding tert-OH is 1. The molecule has 1 fully saturated rings. The molecule has 1 aromatic rings. The fraction of sp³-hybridized carbons (Fsp3) is 0.500. The number of aromatic carboxylic acids is 1. The molecule has 5 heteroatoms. The quantitative estimate of drug-likeness (QED) is 0.777. The third kappa shape index (κ3) is 2.62. The lowest BCUT2D eigenvalue weighted by Gasteiger charge is -2.49. The molecule has 0 bridgehead atoms. The van der Waals surface area contributed by atoms with Crippen LogP contribution in [0.4, 0.5) is 4.39 Å². The molecule has 0 spiro atoms. The van der Waals surface area contributed by atoms with Gasteiger partial charge < -0.3 is 15.5 Å². The Morgan fingerprint density at radius 2 is 2.21 bits per heavy atom. The van der Waals surface area contributed by atoms with E-state index in [0.29, 0.717) is 18.5 Å². The first-order valence-corrected chi connectivity index (χ1v) is 6.25. The molecular formula is C14H18FNO3. The maximum Gasteiger partial charge on any atom is 0.338 e. The van der Waals surface area contributed by atoms with E-state index in [1.165, 1.54) is 12.1 Å². The average Bonchev–Trinajstić information content (AvgIpc) is 2.33. The van der Waals surface area contributed by atoms with Gasteiger partial charge in [-0.3, -0.25) is 0 Å². The molecule has 1 aliphatic rings. The van der Waals surface area contributed by atoms with E-state index >= 15 is 0 Å². The Balaban J connectivity index is 1.98. The second kappa shape index (κ2) is 4.90. The van der Waals surface area contributed by atoms with Crippen molar-refractivity contribution < 1.29 is 19.4 Å². The smallest absolute Gasteiger partial charge is 0.338 e. The van der Waals surface area contributed by atoms with Gasteiger partial charge in [0.15, 0.2) is 0 Å². The summed E-state index contributed by atoms with van der Waals surface area (Å²) in [6.45, 7) is 4.41. The molecule has 3 N–H and O–H groups in total. The zero-order valence-electron chi connectivity index (χ0n) is 11.0. The number of carbonyl (C=O) groups is 1. The van der Waals surface area contributed by atoms with E-state index in [2.05, 4.69) is 5.32 Å². The van der Waals surface area contributed by atoms with Gasteiger partial charge in [0.2, 0.25) is 0 Å².